The van der Waals surface area contributed by atoms with Crippen molar-refractivity contribution in [2.75, 3.05) is 11.1 Å². The van der Waals surface area contributed by atoms with Gasteiger partial charge >= 0.3 is 0 Å². The van der Waals surface area contributed by atoms with Gasteiger partial charge in [-0.25, -0.2) is 4.39 Å². The van der Waals surface area contributed by atoms with Crippen LogP contribution in [0.3, 0.4) is 0 Å². The van der Waals surface area contributed by atoms with Gasteiger partial charge < -0.3 is 15.8 Å². The average Bonchev–Trinajstić information content (AvgIpc) is 2.43. The van der Waals surface area contributed by atoms with E-state index in [0.29, 0.717) is 11.4 Å². The number of carbonyl (C=O) groups is 1. The molecule has 2 aromatic rings. The molecule has 0 spiro atoms. The van der Waals surface area contributed by atoms with Gasteiger partial charge in [-0.2, -0.15) is 0 Å². The molecule has 1 aromatic heterocycles. The number of nitrogen functional groups attached to an aromatic ring is 1. The van der Waals surface area contributed by atoms with Crippen LogP contribution in [0.5, 0.6) is 5.75 Å². The first kappa shape index (κ1) is 15.2. The molecule has 1 amide bonds. The highest BCUT2D eigenvalue weighted by molar-refractivity contribution is 9.10. The highest BCUT2D eigenvalue weighted by Gasteiger charge is 2.17. The fraction of sp³-hybridized carbons (Fsp3) is 0.143. The number of hydrogen-bond donors (Lipinski definition) is 2. The first-order valence-electron chi connectivity index (χ1n) is 6.09. The largest absolute Gasteiger partial charge is 0.479 e. The van der Waals surface area contributed by atoms with Crippen LogP contribution in [0.4, 0.5) is 15.8 Å². The number of nitrogens with two attached hydrogens (primary N) is 1. The van der Waals surface area contributed by atoms with Gasteiger partial charge in [-0.05, 0) is 47.1 Å². The second kappa shape index (κ2) is 6.53. The Labute approximate surface area is 129 Å². The van der Waals surface area contributed by atoms with E-state index in [1.54, 1.807) is 19.2 Å². The summed E-state index contributed by atoms with van der Waals surface area (Å²) in [5.41, 5.74) is 5.93. The van der Waals surface area contributed by atoms with Crippen molar-refractivity contribution < 1.29 is 13.9 Å². The molecular weight excluding hydrogens is 341 g/mol. The number of nitrogens with zero attached hydrogens (tertiary/aromatic N) is 1. The minimum Gasteiger partial charge on any atom is -0.479 e. The molecule has 5 nitrogen and oxygen atoms in total. The molecule has 0 aliphatic carbocycles. The van der Waals surface area contributed by atoms with Crippen molar-refractivity contribution in [3.63, 3.8) is 0 Å². The Morgan fingerprint density at radius 1 is 1.43 bits per heavy atom. The van der Waals surface area contributed by atoms with Crippen molar-refractivity contribution in [1.82, 2.24) is 4.98 Å². The van der Waals surface area contributed by atoms with Crippen LogP contribution in [0.25, 0.3) is 0 Å². The molecule has 1 aromatic carbocycles. The predicted molar refractivity (Wildman–Crippen MR) is 81.5 cm³/mol. The van der Waals surface area contributed by atoms with E-state index in [1.807, 2.05) is 0 Å². The first-order chi connectivity index (χ1) is 9.95. The summed E-state index contributed by atoms with van der Waals surface area (Å²) >= 11 is 3.25. The van der Waals surface area contributed by atoms with Gasteiger partial charge in [0.1, 0.15) is 11.6 Å². The minimum atomic E-state index is -0.818. The molecule has 1 atom stereocenters. The van der Waals surface area contributed by atoms with E-state index in [2.05, 4.69) is 26.2 Å². The average molecular weight is 354 g/mol. The molecule has 0 aliphatic heterocycles. The summed E-state index contributed by atoms with van der Waals surface area (Å²) in [6.07, 6.45) is 2.26. The van der Waals surface area contributed by atoms with E-state index >= 15 is 0 Å². The van der Waals surface area contributed by atoms with Gasteiger partial charge in [-0.1, -0.05) is 0 Å². The van der Waals surface area contributed by atoms with Crippen LogP contribution in [0.1, 0.15) is 6.92 Å². The summed E-state index contributed by atoms with van der Waals surface area (Å²) in [5, 5.41) is 2.43. The number of rotatable bonds is 4. The number of pyridine rings is 1. The zero-order chi connectivity index (χ0) is 15.4. The number of hydrogen-bond acceptors (Lipinski definition) is 4. The molecule has 110 valence electrons. The van der Waals surface area contributed by atoms with Gasteiger partial charge in [-0.15, -0.1) is 0 Å². The SMILES string of the molecule is CC(Oc1cncc(Br)c1)C(=O)Nc1cc(N)ccc1F. The smallest absolute Gasteiger partial charge is 0.265 e. The highest BCUT2D eigenvalue weighted by atomic mass is 79.9. The van der Waals surface area contributed by atoms with Crippen LogP contribution < -0.4 is 15.8 Å². The van der Waals surface area contributed by atoms with Crippen molar-refractivity contribution in [1.29, 1.82) is 0 Å². The predicted octanol–water partition coefficient (Wildman–Crippen LogP) is 2.97. The molecule has 7 heteroatoms. The van der Waals surface area contributed by atoms with Crippen molar-refractivity contribution in [2.24, 2.45) is 0 Å². The van der Waals surface area contributed by atoms with Crippen LogP contribution in [-0.2, 0) is 4.79 Å². The molecule has 0 saturated heterocycles. The van der Waals surface area contributed by atoms with Crippen LogP contribution in [0.2, 0.25) is 0 Å². The van der Waals surface area contributed by atoms with E-state index in [9.17, 15) is 9.18 Å². The number of amides is 1. The van der Waals surface area contributed by atoms with Crippen LogP contribution in [-0.4, -0.2) is 17.0 Å². The Kier molecular flexibility index (Phi) is 4.74. The maximum atomic E-state index is 13.5. The lowest BCUT2D eigenvalue weighted by Gasteiger charge is -2.15. The fourth-order valence-electron chi connectivity index (χ4n) is 1.59. The molecule has 1 heterocycles. The molecule has 0 saturated carbocycles. The normalized spacial score (nSPS) is 11.8. The lowest BCUT2D eigenvalue weighted by atomic mass is 10.2. The van der Waals surface area contributed by atoms with E-state index in [1.165, 1.54) is 24.4 Å². The molecule has 3 N–H and O–H groups in total. The first-order valence-corrected chi connectivity index (χ1v) is 6.88. The lowest BCUT2D eigenvalue weighted by molar-refractivity contribution is -0.122. The quantitative estimate of drug-likeness (QED) is 0.828. The van der Waals surface area contributed by atoms with E-state index < -0.39 is 17.8 Å². The maximum Gasteiger partial charge on any atom is 0.265 e. The Morgan fingerprint density at radius 3 is 2.90 bits per heavy atom. The number of anilines is 2. The number of nitrogens with one attached hydrogen (secondary N) is 1. The van der Waals surface area contributed by atoms with E-state index in [4.69, 9.17) is 10.5 Å². The molecule has 0 aliphatic rings. The number of halogens is 2. The topological polar surface area (TPSA) is 77.2 Å². The summed E-state index contributed by atoms with van der Waals surface area (Å²) in [6.45, 7) is 1.56. The third-order valence-electron chi connectivity index (χ3n) is 2.61. The summed E-state index contributed by atoms with van der Waals surface area (Å²) in [5.74, 6) is -0.617. The Balaban J connectivity index is 2.04. The number of benzene rings is 1. The van der Waals surface area contributed by atoms with Crippen LogP contribution >= 0.6 is 15.9 Å². The number of carbonyl (C=O) groups excluding carboxylic acids is 1. The molecule has 0 radical (unpaired) electrons. The highest BCUT2D eigenvalue weighted by Crippen LogP contribution is 2.20. The van der Waals surface area contributed by atoms with Gasteiger partial charge in [0.05, 0.1) is 11.9 Å². The number of ether oxygens (including phenoxy) is 1. The van der Waals surface area contributed by atoms with Gasteiger partial charge in [0.25, 0.3) is 5.91 Å². The Morgan fingerprint density at radius 2 is 2.19 bits per heavy atom. The summed E-state index contributed by atoms with van der Waals surface area (Å²) in [4.78, 5) is 15.9. The van der Waals surface area contributed by atoms with Crippen molar-refractivity contribution in [2.45, 2.75) is 13.0 Å². The molecule has 0 fully saturated rings. The van der Waals surface area contributed by atoms with Crippen molar-refractivity contribution >= 4 is 33.2 Å². The van der Waals surface area contributed by atoms with Gasteiger partial charge in [0.15, 0.2) is 6.10 Å². The molecule has 2 rings (SSSR count). The van der Waals surface area contributed by atoms with Gasteiger partial charge in [-0.3, -0.25) is 9.78 Å². The Bertz CT molecular complexity index is 666. The van der Waals surface area contributed by atoms with Crippen molar-refractivity contribution in [3.8, 4) is 5.75 Å². The molecular formula is C14H13BrFN3O2. The zero-order valence-electron chi connectivity index (χ0n) is 11.1. The van der Waals surface area contributed by atoms with Gasteiger partial charge in [0.2, 0.25) is 0 Å². The molecule has 21 heavy (non-hydrogen) atoms. The van der Waals surface area contributed by atoms with E-state index in [-0.39, 0.29) is 5.69 Å². The standard InChI is InChI=1S/C14H13BrFN3O2/c1-8(21-11-4-9(15)6-18-7-11)14(20)19-13-5-10(17)2-3-12(13)16/h2-8H,17H2,1H3,(H,19,20). The Hall–Kier alpha value is -2.15. The zero-order valence-corrected chi connectivity index (χ0v) is 12.7. The lowest BCUT2D eigenvalue weighted by Crippen LogP contribution is -2.30. The second-order valence-electron chi connectivity index (χ2n) is 4.33. The minimum absolute atomic E-state index is 0.0165. The van der Waals surface area contributed by atoms with Crippen LogP contribution in [0.15, 0.2) is 41.1 Å². The van der Waals surface area contributed by atoms with Crippen molar-refractivity contribution in [3.05, 3.63) is 46.9 Å². The monoisotopic (exact) mass is 353 g/mol. The van der Waals surface area contributed by atoms with Gasteiger partial charge in [0, 0.05) is 16.4 Å². The maximum absolute atomic E-state index is 13.5. The third kappa shape index (κ3) is 4.16. The summed E-state index contributed by atoms with van der Waals surface area (Å²) in [6, 6.07) is 5.63. The summed E-state index contributed by atoms with van der Waals surface area (Å²) in [7, 11) is 0. The molecule has 0 bridgehead atoms. The molecule has 1 unspecified atom stereocenters. The van der Waals surface area contributed by atoms with Crippen LogP contribution in [0, 0.1) is 5.82 Å². The third-order valence-corrected chi connectivity index (χ3v) is 3.04. The number of aromatic nitrogens is 1. The second-order valence-corrected chi connectivity index (χ2v) is 5.24. The van der Waals surface area contributed by atoms with E-state index in [0.717, 1.165) is 4.47 Å². The fourth-order valence-corrected chi connectivity index (χ4v) is 1.93. The summed E-state index contributed by atoms with van der Waals surface area (Å²) < 4.78 is 19.7.